The van der Waals surface area contributed by atoms with Crippen LogP contribution in [-0.4, -0.2) is 91.4 Å². The Morgan fingerprint density at radius 3 is 2.39 bits per heavy atom. The van der Waals surface area contributed by atoms with E-state index in [0.29, 0.717) is 43.2 Å². The van der Waals surface area contributed by atoms with Gasteiger partial charge in [-0.05, 0) is 38.7 Å². The number of sulfonamides is 1. The monoisotopic (exact) mass is 517 g/mol. The molecule has 0 aromatic carbocycles. The number of nitrogens with zero attached hydrogens (tertiary/aromatic N) is 5. The number of imidazole rings is 1. The van der Waals surface area contributed by atoms with Gasteiger partial charge < -0.3 is 20.0 Å². The van der Waals surface area contributed by atoms with Gasteiger partial charge in [-0.15, -0.1) is 0 Å². The molecule has 3 fully saturated rings. The van der Waals surface area contributed by atoms with Gasteiger partial charge in [0.1, 0.15) is 10.6 Å². The van der Waals surface area contributed by atoms with E-state index in [-0.39, 0.29) is 22.9 Å². The van der Waals surface area contributed by atoms with Gasteiger partial charge in [-0.2, -0.15) is 0 Å². The number of urea groups is 1. The fourth-order valence-electron chi connectivity index (χ4n) is 5.02. The molecule has 36 heavy (non-hydrogen) atoms. The van der Waals surface area contributed by atoms with Gasteiger partial charge in [-0.25, -0.2) is 22.9 Å². The number of carbonyl (C=O) groups is 2. The predicted octanol–water partition coefficient (Wildman–Crippen LogP) is 1.64. The van der Waals surface area contributed by atoms with Crippen molar-refractivity contribution < 1.29 is 18.0 Å². The van der Waals surface area contributed by atoms with Crippen LogP contribution in [0.1, 0.15) is 55.9 Å². The largest absolute Gasteiger partial charge is 0.365 e. The van der Waals surface area contributed by atoms with E-state index in [1.807, 2.05) is 11.8 Å². The van der Waals surface area contributed by atoms with E-state index < -0.39 is 15.6 Å². The topological polar surface area (TPSA) is 119 Å². The van der Waals surface area contributed by atoms with Crippen molar-refractivity contribution in [3.05, 3.63) is 24.2 Å². The molecule has 1 saturated heterocycles. The normalized spacial score (nSPS) is 20.1. The molecule has 3 aliphatic rings. The maximum absolute atomic E-state index is 13.3. The van der Waals surface area contributed by atoms with E-state index >= 15 is 0 Å². The van der Waals surface area contributed by atoms with Gasteiger partial charge in [0.2, 0.25) is 10.0 Å². The molecule has 0 atom stereocenters. The molecule has 12 heteroatoms. The number of hydrogen-bond donors (Lipinski definition) is 2. The van der Waals surface area contributed by atoms with Crippen molar-refractivity contribution in [2.45, 2.75) is 61.9 Å². The molecule has 3 heterocycles. The molecule has 0 bridgehead atoms. The Morgan fingerprint density at radius 2 is 1.78 bits per heavy atom. The van der Waals surface area contributed by atoms with E-state index in [2.05, 4.69) is 15.0 Å². The Balaban J connectivity index is 1.50. The predicted molar refractivity (Wildman–Crippen MR) is 136 cm³/mol. The van der Waals surface area contributed by atoms with Gasteiger partial charge in [-0.1, -0.05) is 12.8 Å². The Bertz CT molecular complexity index is 1270. The van der Waals surface area contributed by atoms with Crippen molar-refractivity contribution in [1.29, 1.82) is 0 Å². The maximum Gasteiger partial charge on any atom is 0.319 e. The first-order chi connectivity index (χ1) is 17.1. The number of aromatic nitrogens is 2. The fraction of sp³-hybridized carbons (Fsp3) is 0.625. The second-order valence-corrected chi connectivity index (χ2v) is 12.4. The summed E-state index contributed by atoms with van der Waals surface area (Å²) in [4.78, 5) is 35.5. The minimum atomic E-state index is -3.81. The molecule has 0 unspecified atom stereocenters. The first-order valence-electron chi connectivity index (χ1n) is 12.6. The zero-order valence-electron chi connectivity index (χ0n) is 21.2. The Kier molecular flexibility index (Phi) is 6.36. The molecule has 196 valence electrons. The standard InChI is InChI=1S/C24H35N7O4S/c1-24(8-9-24)27-36(34,35)18-14-19(29-10-12-30(13-11-29)23(33)28(2)3)21-25-15-20(31(21)16-18)22(32)26-17-6-4-5-7-17/h14-17,27H,4-13H2,1-3H3,(H,26,32). The second kappa shape index (κ2) is 9.22. The first-order valence-corrected chi connectivity index (χ1v) is 14.1. The van der Waals surface area contributed by atoms with Gasteiger partial charge in [0.05, 0.1) is 11.9 Å². The highest BCUT2D eigenvalue weighted by Gasteiger charge is 2.41. The molecule has 0 radical (unpaired) electrons. The van der Waals surface area contributed by atoms with Crippen LogP contribution in [0.2, 0.25) is 0 Å². The molecule has 2 saturated carbocycles. The molecule has 1 aliphatic heterocycles. The summed E-state index contributed by atoms with van der Waals surface area (Å²) in [6.45, 7) is 3.96. The Morgan fingerprint density at radius 1 is 1.11 bits per heavy atom. The molecule has 2 aliphatic carbocycles. The quantitative estimate of drug-likeness (QED) is 0.601. The highest BCUT2D eigenvalue weighted by atomic mass is 32.2. The smallest absolute Gasteiger partial charge is 0.319 e. The van der Waals surface area contributed by atoms with E-state index in [1.54, 1.807) is 34.4 Å². The summed E-state index contributed by atoms with van der Waals surface area (Å²) in [5.41, 5.74) is 1.05. The second-order valence-electron chi connectivity index (χ2n) is 10.7. The van der Waals surface area contributed by atoms with Crippen LogP contribution in [-0.2, 0) is 10.0 Å². The van der Waals surface area contributed by atoms with Crippen molar-refractivity contribution in [1.82, 2.24) is 29.2 Å². The highest BCUT2D eigenvalue weighted by Crippen LogP contribution is 2.36. The molecular formula is C24H35N7O4S. The van der Waals surface area contributed by atoms with Crippen molar-refractivity contribution >= 4 is 33.3 Å². The number of nitrogens with one attached hydrogen (secondary N) is 2. The molecule has 11 nitrogen and oxygen atoms in total. The summed E-state index contributed by atoms with van der Waals surface area (Å²) in [5.74, 6) is -0.251. The number of anilines is 1. The number of pyridine rings is 1. The van der Waals surface area contributed by atoms with Crippen LogP contribution in [0.4, 0.5) is 10.5 Å². The zero-order chi connectivity index (χ0) is 25.7. The van der Waals surface area contributed by atoms with E-state index in [4.69, 9.17) is 0 Å². The third-order valence-corrected chi connectivity index (χ3v) is 9.05. The maximum atomic E-state index is 13.3. The highest BCUT2D eigenvalue weighted by molar-refractivity contribution is 7.89. The third kappa shape index (κ3) is 4.88. The van der Waals surface area contributed by atoms with E-state index in [0.717, 1.165) is 38.5 Å². The lowest BCUT2D eigenvalue weighted by Gasteiger charge is -2.37. The van der Waals surface area contributed by atoms with Crippen molar-refractivity contribution in [2.75, 3.05) is 45.2 Å². The summed E-state index contributed by atoms with van der Waals surface area (Å²) in [6.07, 6.45) is 8.69. The number of fused-ring (bicyclic) bond motifs is 1. The minimum Gasteiger partial charge on any atom is -0.365 e. The summed E-state index contributed by atoms with van der Waals surface area (Å²) in [6, 6.07) is 1.72. The van der Waals surface area contributed by atoms with Gasteiger partial charge in [0, 0.05) is 58.1 Å². The molecular weight excluding hydrogens is 482 g/mol. The number of rotatable bonds is 6. The molecule has 2 aromatic heterocycles. The van der Waals surface area contributed by atoms with Crippen LogP contribution in [0.3, 0.4) is 0 Å². The fourth-order valence-corrected chi connectivity index (χ4v) is 6.50. The van der Waals surface area contributed by atoms with Crippen LogP contribution >= 0.6 is 0 Å². The van der Waals surface area contributed by atoms with Gasteiger partial charge >= 0.3 is 6.03 Å². The lowest BCUT2D eigenvalue weighted by molar-refractivity contribution is 0.0931. The van der Waals surface area contributed by atoms with Gasteiger partial charge in [0.15, 0.2) is 5.65 Å². The Hall–Kier alpha value is -2.86. The van der Waals surface area contributed by atoms with Crippen LogP contribution in [0.25, 0.3) is 5.65 Å². The van der Waals surface area contributed by atoms with Crippen molar-refractivity contribution in [2.24, 2.45) is 0 Å². The summed E-state index contributed by atoms with van der Waals surface area (Å²) >= 11 is 0. The lowest BCUT2D eigenvalue weighted by atomic mass is 10.2. The Labute approximate surface area is 211 Å². The summed E-state index contributed by atoms with van der Waals surface area (Å²) in [7, 11) is -0.365. The molecule has 2 N–H and O–H groups in total. The number of carbonyl (C=O) groups excluding carboxylic acids is 2. The SMILES string of the molecule is CN(C)C(=O)N1CCN(c2cc(S(=O)(=O)NC3(C)CC3)cn3c(C(=O)NC4CCCC4)cnc23)CC1. The first kappa shape index (κ1) is 24.8. The van der Waals surface area contributed by atoms with E-state index in [1.165, 1.54) is 12.4 Å². The summed E-state index contributed by atoms with van der Waals surface area (Å²) in [5, 5.41) is 3.08. The zero-order valence-corrected chi connectivity index (χ0v) is 22.0. The number of piperazine rings is 1. The van der Waals surface area contributed by atoms with Crippen molar-refractivity contribution in [3.8, 4) is 0 Å². The van der Waals surface area contributed by atoms with Crippen LogP contribution in [0.5, 0.6) is 0 Å². The van der Waals surface area contributed by atoms with Crippen LogP contribution in [0.15, 0.2) is 23.4 Å². The number of amides is 3. The van der Waals surface area contributed by atoms with E-state index in [9.17, 15) is 18.0 Å². The summed E-state index contributed by atoms with van der Waals surface area (Å²) < 4.78 is 31.1. The molecule has 0 spiro atoms. The minimum absolute atomic E-state index is 0.0512. The number of hydrogen-bond acceptors (Lipinski definition) is 6. The third-order valence-electron chi connectivity index (χ3n) is 7.45. The van der Waals surface area contributed by atoms with Gasteiger partial charge in [-0.3, -0.25) is 9.20 Å². The van der Waals surface area contributed by atoms with Crippen molar-refractivity contribution in [3.63, 3.8) is 0 Å². The lowest BCUT2D eigenvalue weighted by Crippen LogP contribution is -2.51. The van der Waals surface area contributed by atoms with Gasteiger partial charge in [0.25, 0.3) is 5.91 Å². The molecule has 5 rings (SSSR count). The van der Waals surface area contributed by atoms with Crippen LogP contribution < -0.4 is 14.9 Å². The van der Waals surface area contributed by atoms with Crippen LogP contribution in [0, 0.1) is 0 Å². The average molecular weight is 518 g/mol. The molecule has 2 aromatic rings. The average Bonchev–Trinajstić information content (AvgIpc) is 3.21. The molecule has 3 amide bonds.